The van der Waals surface area contributed by atoms with Gasteiger partial charge in [-0.25, -0.2) is 9.98 Å². The zero-order valence-corrected chi connectivity index (χ0v) is 18.0. The van der Waals surface area contributed by atoms with E-state index in [2.05, 4.69) is 20.4 Å². The Balaban J connectivity index is 1.99. The quantitative estimate of drug-likeness (QED) is 0.449. The fraction of sp³-hybridized carbons (Fsp3) is 0.211. The predicted molar refractivity (Wildman–Crippen MR) is 114 cm³/mol. The molecule has 0 amide bonds. The highest BCUT2D eigenvalue weighted by Gasteiger charge is 2.30. The van der Waals surface area contributed by atoms with Gasteiger partial charge in [-0.1, -0.05) is 17.7 Å². The first kappa shape index (κ1) is 22.5. The molecule has 1 aromatic heterocycles. The van der Waals surface area contributed by atoms with Crippen LogP contribution in [-0.2, 0) is 14.5 Å². The minimum atomic E-state index is -4.27. The van der Waals surface area contributed by atoms with Crippen LogP contribution < -0.4 is 10.5 Å². The third kappa shape index (κ3) is 5.31. The van der Waals surface area contributed by atoms with Crippen LogP contribution in [0.4, 0.5) is 11.4 Å². The first-order valence-electron chi connectivity index (χ1n) is 8.86. The Morgan fingerprint density at radius 1 is 1.26 bits per heavy atom. The average molecular weight is 464 g/mol. The first-order valence-corrected chi connectivity index (χ1v) is 10.7. The van der Waals surface area contributed by atoms with E-state index in [0.717, 1.165) is 0 Å². The number of halogens is 1. The van der Waals surface area contributed by atoms with Crippen molar-refractivity contribution in [1.29, 1.82) is 0 Å². The van der Waals surface area contributed by atoms with Gasteiger partial charge in [-0.2, -0.15) is 8.42 Å². The maximum Gasteiger partial charge on any atom is 0.333 e. The maximum absolute atomic E-state index is 11.5. The van der Waals surface area contributed by atoms with E-state index in [-0.39, 0.29) is 28.2 Å². The number of hydrogen-bond acceptors (Lipinski definition) is 8. The summed E-state index contributed by atoms with van der Waals surface area (Å²) in [5.41, 5.74) is 1.91. The molecule has 3 rings (SSSR count). The highest BCUT2D eigenvalue weighted by Crippen LogP contribution is 2.36. The molecule has 0 unspecified atom stereocenters. The van der Waals surface area contributed by atoms with Crippen LogP contribution in [0.3, 0.4) is 0 Å². The Hall–Kier alpha value is -3.17. The smallest absolute Gasteiger partial charge is 0.333 e. The molecule has 0 saturated heterocycles. The van der Waals surface area contributed by atoms with Crippen LogP contribution >= 0.6 is 11.6 Å². The van der Waals surface area contributed by atoms with Crippen LogP contribution in [-0.4, -0.2) is 29.8 Å². The standard InChI is InChI=1S/C19H18ClN5O5S/c1-10-14(8-9-15(22-3)16(10)20)23-17(11(2)30-31(21,27)28)19-25-24-18(29-19)12-4-6-13(26)7-5-12/h4-9,11,17,23,26H,1-2H3,(H2,21,27,28)/t11-,17+/m0/s1. The number of rotatable bonds is 7. The Kier molecular flexibility index (Phi) is 6.47. The topological polar surface area (TPSA) is 145 Å². The summed E-state index contributed by atoms with van der Waals surface area (Å²) in [6.07, 6.45) is -1.04. The molecule has 2 aromatic carbocycles. The van der Waals surface area contributed by atoms with Gasteiger partial charge in [0.2, 0.25) is 17.5 Å². The molecule has 3 aromatic rings. The third-order valence-corrected chi connectivity index (χ3v) is 5.42. The summed E-state index contributed by atoms with van der Waals surface area (Å²) in [6, 6.07) is 8.34. The summed E-state index contributed by atoms with van der Waals surface area (Å²) in [5, 5.41) is 25.8. The molecule has 2 atom stereocenters. The zero-order valence-electron chi connectivity index (χ0n) is 16.4. The van der Waals surface area contributed by atoms with Gasteiger partial charge in [0.15, 0.2) is 0 Å². The Morgan fingerprint density at radius 3 is 2.55 bits per heavy atom. The first-order chi connectivity index (χ1) is 14.6. The van der Waals surface area contributed by atoms with Crippen LogP contribution in [0.5, 0.6) is 5.75 Å². The molecular formula is C19H18ClN5O5S. The molecule has 0 fully saturated rings. The van der Waals surface area contributed by atoms with Gasteiger partial charge in [0, 0.05) is 11.3 Å². The number of hydrogen-bond donors (Lipinski definition) is 3. The van der Waals surface area contributed by atoms with Gasteiger partial charge in [-0.05, 0) is 49.7 Å². The van der Waals surface area contributed by atoms with Gasteiger partial charge < -0.3 is 14.8 Å². The average Bonchev–Trinajstić information content (AvgIpc) is 3.18. The van der Waals surface area contributed by atoms with Crippen LogP contribution in [0.2, 0.25) is 5.02 Å². The second kappa shape index (κ2) is 8.91. The van der Waals surface area contributed by atoms with E-state index in [0.29, 0.717) is 16.8 Å². The monoisotopic (exact) mass is 463 g/mol. The molecular weight excluding hydrogens is 446 g/mol. The third-order valence-electron chi connectivity index (χ3n) is 4.37. The van der Waals surface area contributed by atoms with Gasteiger partial charge in [0.05, 0.1) is 11.6 Å². The molecule has 0 aliphatic heterocycles. The molecule has 0 aliphatic carbocycles. The minimum Gasteiger partial charge on any atom is -0.508 e. The van der Waals surface area contributed by atoms with E-state index < -0.39 is 22.4 Å². The summed E-state index contributed by atoms with van der Waals surface area (Å²) in [6.45, 7) is 10.3. The SMILES string of the molecule is [C-]#[N+]c1ccc(N[C@@H](c2nnc(-c3ccc(O)cc3)o2)[C@H](C)OS(N)(=O)=O)c(C)c1Cl. The lowest BCUT2D eigenvalue weighted by molar-refractivity contribution is 0.192. The van der Waals surface area contributed by atoms with Gasteiger partial charge in [0.25, 0.3) is 0 Å². The van der Waals surface area contributed by atoms with Gasteiger partial charge in [0.1, 0.15) is 17.9 Å². The van der Waals surface area contributed by atoms with Crippen molar-refractivity contribution in [2.75, 3.05) is 5.32 Å². The van der Waals surface area contributed by atoms with Crippen molar-refractivity contribution in [2.24, 2.45) is 5.14 Å². The fourth-order valence-corrected chi connectivity index (χ4v) is 3.55. The second-order valence-electron chi connectivity index (χ2n) is 6.59. The van der Waals surface area contributed by atoms with E-state index in [4.69, 9.17) is 31.9 Å². The van der Waals surface area contributed by atoms with Crippen molar-refractivity contribution in [3.8, 4) is 17.2 Å². The number of benzene rings is 2. The van der Waals surface area contributed by atoms with E-state index >= 15 is 0 Å². The highest BCUT2D eigenvalue weighted by atomic mass is 35.5. The van der Waals surface area contributed by atoms with Crippen molar-refractivity contribution in [1.82, 2.24) is 10.2 Å². The number of aromatic nitrogens is 2. The highest BCUT2D eigenvalue weighted by molar-refractivity contribution is 7.84. The lowest BCUT2D eigenvalue weighted by Crippen LogP contribution is -2.31. The fourth-order valence-electron chi connectivity index (χ4n) is 2.81. The summed E-state index contributed by atoms with van der Waals surface area (Å²) in [7, 11) is -4.27. The Morgan fingerprint density at radius 2 is 1.94 bits per heavy atom. The molecule has 4 N–H and O–H groups in total. The normalized spacial score (nSPS) is 13.4. The van der Waals surface area contributed by atoms with Gasteiger partial charge in [-0.15, -0.1) is 10.2 Å². The molecule has 0 spiro atoms. The van der Waals surface area contributed by atoms with Crippen LogP contribution in [0.15, 0.2) is 40.8 Å². The summed E-state index contributed by atoms with van der Waals surface area (Å²) in [4.78, 5) is 3.35. The molecule has 10 nitrogen and oxygen atoms in total. The van der Waals surface area contributed by atoms with Crippen molar-refractivity contribution < 1.29 is 22.1 Å². The number of nitrogens with two attached hydrogens (primary N) is 1. The predicted octanol–water partition coefficient (Wildman–Crippen LogP) is 3.72. The van der Waals surface area contributed by atoms with Crippen molar-refractivity contribution in [3.05, 3.63) is 64.3 Å². The molecule has 31 heavy (non-hydrogen) atoms. The molecule has 0 radical (unpaired) electrons. The lowest BCUT2D eigenvalue weighted by atomic mass is 10.1. The molecule has 12 heteroatoms. The summed E-state index contributed by atoms with van der Waals surface area (Å²) in [5.74, 6) is 0.264. The van der Waals surface area contributed by atoms with Crippen LogP contribution in [0.25, 0.3) is 16.3 Å². The molecule has 0 saturated carbocycles. The number of nitrogens with one attached hydrogen (secondary N) is 1. The van der Waals surface area contributed by atoms with E-state index in [1.807, 2.05) is 0 Å². The van der Waals surface area contributed by atoms with E-state index in [9.17, 15) is 13.5 Å². The molecule has 0 bridgehead atoms. The second-order valence-corrected chi connectivity index (χ2v) is 8.15. The number of aromatic hydroxyl groups is 1. The minimum absolute atomic E-state index is 0.0315. The van der Waals surface area contributed by atoms with Crippen molar-refractivity contribution >= 4 is 33.3 Å². The summed E-state index contributed by atoms with van der Waals surface area (Å²) < 4.78 is 33.6. The number of anilines is 1. The van der Waals surface area contributed by atoms with Crippen molar-refractivity contribution in [3.63, 3.8) is 0 Å². The molecule has 1 heterocycles. The van der Waals surface area contributed by atoms with E-state index in [1.165, 1.54) is 25.1 Å². The largest absolute Gasteiger partial charge is 0.508 e. The van der Waals surface area contributed by atoms with E-state index in [1.54, 1.807) is 25.1 Å². The summed E-state index contributed by atoms with van der Waals surface area (Å²) >= 11 is 6.24. The number of phenols is 1. The van der Waals surface area contributed by atoms with Crippen molar-refractivity contribution in [2.45, 2.75) is 26.0 Å². The zero-order chi connectivity index (χ0) is 22.8. The lowest BCUT2D eigenvalue weighted by Gasteiger charge is -2.23. The van der Waals surface area contributed by atoms with Gasteiger partial charge in [-0.3, -0.25) is 4.18 Å². The number of phenolic OH excluding ortho intramolecular Hbond substituents is 1. The molecule has 0 aliphatic rings. The maximum atomic E-state index is 11.5. The Labute approximate surface area is 183 Å². The van der Waals surface area contributed by atoms with Gasteiger partial charge >= 0.3 is 10.3 Å². The van der Waals surface area contributed by atoms with Crippen LogP contribution in [0, 0.1) is 13.5 Å². The molecule has 162 valence electrons. The van der Waals surface area contributed by atoms with Crippen LogP contribution in [0.1, 0.15) is 24.4 Å². The number of nitrogens with zero attached hydrogens (tertiary/aromatic N) is 3. The Bertz CT molecular complexity index is 1240.